The molecule has 0 bridgehead atoms. The summed E-state index contributed by atoms with van der Waals surface area (Å²) in [5, 5.41) is 12.0. The number of phenolic OH excluding ortho intramolecular Hbond substituents is 1. The first kappa shape index (κ1) is 10.8. The molecule has 2 rings (SSSR count). The van der Waals surface area contributed by atoms with E-state index in [1.165, 1.54) is 12.1 Å². The largest absolute Gasteiger partial charge is 0.506 e. The van der Waals surface area contributed by atoms with Gasteiger partial charge in [-0.25, -0.2) is 0 Å². The van der Waals surface area contributed by atoms with Crippen LogP contribution in [-0.2, 0) is 4.79 Å². The summed E-state index contributed by atoms with van der Waals surface area (Å²) in [5.74, 6) is -0.774. The third-order valence-corrected chi connectivity index (χ3v) is 4.32. The zero-order chi connectivity index (χ0) is 16.5. The lowest BCUT2D eigenvalue weighted by atomic mass is 9.75. The maximum Gasteiger partial charge on any atom is 0.230 e. The Morgan fingerprint density at radius 3 is 2.63 bits per heavy atom. The quantitative estimate of drug-likeness (QED) is 0.784. The minimum absolute atomic E-state index is 0.00785. The van der Waals surface area contributed by atoms with Crippen LogP contribution in [0.2, 0.25) is 10.0 Å². The summed E-state index contributed by atoms with van der Waals surface area (Å²) in [6.07, 6.45) is 2.97. The molecule has 1 fully saturated rings. The molecule has 0 saturated heterocycles. The van der Waals surface area contributed by atoms with E-state index in [1.807, 2.05) is 0 Å². The number of rotatable bonds is 2. The van der Waals surface area contributed by atoms with Crippen LogP contribution in [0, 0.1) is 5.41 Å². The van der Waals surface area contributed by atoms with E-state index < -0.39 is 18.2 Å². The Morgan fingerprint density at radius 2 is 2.00 bits per heavy atom. The zero-order valence-electron chi connectivity index (χ0n) is 13.3. The number of halogens is 2. The fourth-order valence-corrected chi connectivity index (χ4v) is 2.63. The van der Waals surface area contributed by atoms with E-state index in [-0.39, 0.29) is 21.5 Å². The van der Waals surface area contributed by atoms with Crippen LogP contribution >= 0.6 is 23.2 Å². The third-order valence-electron chi connectivity index (χ3n) is 3.45. The number of carbonyl (C=O) groups excluding carboxylic acids is 1. The number of aromatic hydroxyl groups is 1. The lowest BCUT2D eigenvalue weighted by molar-refractivity contribution is -0.126. The molecule has 1 aromatic carbocycles. The highest BCUT2D eigenvalue weighted by Gasteiger charge is 2.34. The Hall–Kier alpha value is -0.930. The summed E-state index contributed by atoms with van der Waals surface area (Å²) in [6.45, 7) is -2.38. The number of hydrogen-bond acceptors (Lipinski definition) is 2. The average Bonchev–Trinajstić information content (AvgIpc) is 2.47. The summed E-state index contributed by atoms with van der Waals surface area (Å²) in [7, 11) is 0. The summed E-state index contributed by atoms with van der Waals surface area (Å²) in [4.78, 5) is 12.6. The SMILES string of the molecule is [2H]C([2H])([2H])C1(C(=O)Nc2ccc(O)c(Cl)c2Cl)CCCCC1. The van der Waals surface area contributed by atoms with Crippen LogP contribution in [0.5, 0.6) is 5.75 Å². The van der Waals surface area contributed by atoms with Gasteiger partial charge in [0.1, 0.15) is 10.8 Å². The second kappa shape index (κ2) is 5.59. The van der Waals surface area contributed by atoms with E-state index in [4.69, 9.17) is 27.3 Å². The fourth-order valence-electron chi connectivity index (χ4n) is 2.26. The van der Waals surface area contributed by atoms with Gasteiger partial charge in [0.05, 0.1) is 10.7 Å². The van der Waals surface area contributed by atoms with Crippen molar-refractivity contribution in [1.82, 2.24) is 0 Å². The molecule has 1 amide bonds. The molecule has 0 spiro atoms. The lowest BCUT2D eigenvalue weighted by Crippen LogP contribution is -2.35. The minimum atomic E-state index is -2.38. The second-order valence-corrected chi connectivity index (χ2v) is 5.61. The summed E-state index contributed by atoms with van der Waals surface area (Å²) in [6, 6.07) is 2.70. The van der Waals surface area contributed by atoms with Crippen molar-refractivity contribution in [2.45, 2.75) is 39.0 Å². The van der Waals surface area contributed by atoms with Crippen LogP contribution in [-0.4, -0.2) is 11.0 Å². The molecule has 2 N–H and O–H groups in total. The molecule has 0 unspecified atom stereocenters. The standard InChI is InChI=1S/C14H17Cl2NO2/c1-14(7-3-2-4-8-14)13(19)17-9-5-6-10(18)12(16)11(9)15/h5-6,18H,2-4,7-8H2,1H3,(H,17,19)/i1D3. The predicted molar refractivity (Wildman–Crippen MR) is 77.9 cm³/mol. The van der Waals surface area contributed by atoms with Gasteiger partial charge in [-0.3, -0.25) is 4.79 Å². The molecule has 1 aliphatic rings. The maximum atomic E-state index is 12.6. The number of benzene rings is 1. The number of carbonyl (C=O) groups is 1. The van der Waals surface area contributed by atoms with E-state index in [1.54, 1.807) is 0 Å². The first-order valence-corrected chi connectivity index (χ1v) is 6.93. The van der Waals surface area contributed by atoms with Crippen molar-refractivity contribution in [3.05, 3.63) is 22.2 Å². The van der Waals surface area contributed by atoms with E-state index in [9.17, 15) is 9.90 Å². The van der Waals surface area contributed by atoms with Crippen molar-refractivity contribution in [2.24, 2.45) is 5.41 Å². The van der Waals surface area contributed by atoms with E-state index in [0.29, 0.717) is 25.7 Å². The molecular formula is C14H17Cl2NO2. The lowest BCUT2D eigenvalue weighted by Gasteiger charge is -2.32. The molecule has 0 atom stereocenters. The maximum absolute atomic E-state index is 12.6. The number of hydrogen-bond donors (Lipinski definition) is 2. The van der Waals surface area contributed by atoms with Crippen LogP contribution in [0.3, 0.4) is 0 Å². The minimum Gasteiger partial charge on any atom is -0.506 e. The summed E-state index contributed by atoms with van der Waals surface area (Å²) >= 11 is 11.8. The molecule has 5 heteroatoms. The molecule has 0 aromatic heterocycles. The van der Waals surface area contributed by atoms with Gasteiger partial charge in [-0.05, 0) is 25.0 Å². The highest BCUT2D eigenvalue weighted by molar-refractivity contribution is 6.44. The van der Waals surface area contributed by atoms with Gasteiger partial charge in [0, 0.05) is 9.53 Å². The molecule has 0 aliphatic heterocycles. The number of anilines is 1. The fraction of sp³-hybridized carbons (Fsp3) is 0.500. The average molecular weight is 305 g/mol. The zero-order valence-corrected chi connectivity index (χ0v) is 11.8. The molecule has 104 valence electrons. The molecule has 19 heavy (non-hydrogen) atoms. The number of nitrogens with one attached hydrogen (secondary N) is 1. The topological polar surface area (TPSA) is 49.3 Å². The van der Waals surface area contributed by atoms with Crippen molar-refractivity contribution in [3.8, 4) is 5.75 Å². The highest BCUT2D eigenvalue weighted by atomic mass is 35.5. The first-order chi connectivity index (χ1) is 10.2. The first-order valence-electron chi connectivity index (χ1n) is 7.67. The Kier molecular flexibility index (Phi) is 3.18. The van der Waals surface area contributed by atoms with Gasteiger partial charge in [0.2, 0.25) is 5.91 Å². The van der Waals surface area contributed by atoms with Crippen molar-refractivity contribution in [1.29, 1.82) is 0 Å². The smallest absolute Gasteiger partial charge is 0.230 e. The summed E-state index contributed by atoms with van der Waals surface area (Å²) < 4.78 is 23.3. The van der Waals surface area contributed by atoms with Gasteiger partial charge < -0.3 is 10.4 Å². The molecule has 3 nitrogen and oxygen atoms in total. The Labute approximate surface area is 127 Å². The molecular weight excluding hydrogens is 285 g/mol. The number of phenols is 1. The molecule has 1 aromatic rings. The second-order valence-electron chi connectivity index (χ2n) is 4.86. The van der Waals surface area contributed by atoms with E-state index in [0.717, 1.165) is 6.42 Å². The van der Waals surface area contributed by atoms with Gasteiger partial charge >= 0.3 is 0 Å². The van der Waals surface area contributed by atoms with Gasteiger partial charge in [-0.15, -0.1) is 0 Å². The summed E-state index contributed by atoms with van der Waals surface area (Å²) in [5.41, 5.74) is -1.21. The van der Waals surface area contributed by atoms with Gasteiger partial charge in [-0.2, -0.15) is 0 Å². The van der Waals surface area contributed by atoms with Crippen LogP contribution in [0.25, 0.3) is 0 Å². The van der Waals surface area contributed by atoms with Gasteiger partial charge in [0.25, 0.3) is 0 Å². The molecule has 1 saturated carbocycles. The Balaban J connectivity index is 2.32. The van der Waals surface area contributed by atoms with E-state index >= 15 is 0 Å². The molecule has 1 aliphatic carbocycles. The van der Waals surface area contributed by atoms with Crippen molar-refractivity contribution >= 4 is 34.8 Å². The predicted octanol–water partition coefficient (Wildman–Crippen LogP) is 4.61. The van der Waals surface area contributed by atoms with E-state index in [2.05, 4.69) is 5.32 Å². The number of amides is 1. The monoisotopic (exact) mass is 304 g/mol. The van der Waals surface area contributed by atoms with Crippen LogP contribution in [0.1, 0.15) is 43.1 Å². The molecule has 0 radical (unpaired) electrons. The normalized spacial score (nSPS) is 21.1. The van der Waals surface area contributed by atoms with Crippen molar-refractivity contribution in [3.63, 3.8) is 0 Å². The van der Waals surface area contributed by atoms with Gasteiger partial charge in [-0.1, -0.05) is 49.3 Å². The Morgan fingerprint density at radius 1 is 1.32 bits per heavy atom. The third kappa shape index (κ3) is 2.98. The van der Waals surface area contributed by atoms with Crippen LogP contribution in [0.15, 0.2) is 12.1 Å². The van der Waals surface area contributed by atoms with Crippen LogP contribution in [0.4, 0.5) is 5.69 Å². The highest BCUT2D eigenvalue weighted by Crippen LogP contribution is 2.40. The van der Waals surface area contributed by atoms with Crippen molar-refractivity contribution < 1.29 is 14.0 Å². The van der Waals surface area contributed by atoms with Crippen LogP contribution < -0.4 is 5.32 Å². The van der Waals surface area contributed by atoms with Gasteiger partial charge in [0.15, 0.2) is 0 Å². The van der Waals surface area contributed by atoms with Crippen molar-refractivity contribution in [2.75, 3.05) is 5.32 Å². The Bertz CT molecular complexity index is 584. The molecule has 0 heterocycles.